The van der Waals surface area contributed by atoms with Crippen LogP contribution in [-0.4, -0.2) is 27.2 Å². The number of anilines is 2. The van der Waals surface area contributed by atoms with Crippen LogP contribution in [0.3, 0.4) is 0 Å². The van der Waals surface area contributed by atoms with E-state index in [0.717, 1.165) is 10.9 Å². The van der Waals surface area contributed by atoms with E-state index < -0.39 is 0 Å². The fourth-order valence-electron chi connectivity index (χ4n) is 6.42. The van der Waals surface area contributed by atoms with Crippen LogP contribution >= 0.6 is 0 Å². The maximum atomic E-state index is 13.5. The maximum absolute atomic E-state index is 13.5. The van der Waals surface area contributed by atoms with E-state index in [0.29, 0.717) is 47.8 Å². The molecule has 6 rings (SSSR count). The molecule has 0 bridgehead atoms. The number of nitrogen functional groups attached to an aromatic ring is 1. The first-order valence-electron chi connectivity index (χ1n) is 14.2. The minimum absolute atomic E-state index is 0.0196. The molecule has 2 fully saturated rings. The zero-order valence-electron chi connectivity index (χ0n) is 22.9. The summed E-state index contributed by atoms with van der Waals surface area (Å²) >= 11 is 0. The van der Waals surface area contributed by atoms with Crippen molar-refractivity contribution in [2.75, 3.05) is 17.6 Å². The van der Waals surface area contributed by atoms with Crippen LogP contribution in [0.15, 0.2) is 64.0 Å². The summed E-state index contributed by atoms with van der Waals surface area (Å²) in [4.78, 5) is 30.9. The van der Waals surface area contributed by atoms with Crippen molar-refractivity contribution in [2.45, 2.75) is 64.0 Å². The van der Waals surface area contributed by atoms with Gasteiger partial charge in [-0.2, -0.15) is 0 Å². The molecule has 2 saturated carbocycles. The van der Waals surface area contributed by atoms with Crippen molar-refractivity contribution in [3.05, 3.63) is 81.9 Å². The van der Waals surface area contributed by atoms with Crippen molar-refractivity contribution < 1.29 is 9.32 Å². The summed E-state index contributed by atoms with van der Waals surface area (Å²) in [7, 11) is 0. The third-order valence-corrected chi connectivity index (χ3v) is 9.14. The van der Waals surface area contributed by atoms with Gasteiger partial charge in [-0.1, -0.05) is 54.4 Å². The summed E-state index contributed by atoms with van der Waals surface area (Å²) in [5, 5.41) is 10.9. The van der Waals surface area contributed by atoms with E-state index in [-0.39, 0.29) is 23.4 Å². The van der Waals surface area contributed by atoms with Crippen molar-refractivity contribution in [1.82, 2.24) is 20.0 Å². The van der Waals surface area contributed by atoms with Crippen molar-refractivity contribution >= 4 is 28.5 Å². The van der Waals surface area contributed by atoms with Crippen LogP contribution in [0.2, 0.25) is 0 Å². The molecule has 2 aliphatic rings. The quantitative estimate of drug-likeness (QED) is 0.269. The van der Waals surface area contributed by atoms with Gasteiger partial charge in [0.15, 0.2) is 17.2 Å². The van der Waals surface area contributed by atoms with Gasteiger partial charge in [0, 0.05) is 30.4 Å². The van der Waals surface area contributed by atoms with Gasteiger partial charge in [0.1, 0.15) is 6.54 Å². The Bertz CT molecular complexity index is 1560. The minimum Gasteiger partial charge on any atom is -0.380 e. The van der Waals surface area contributed by atoms with Crippen LogP contribution in [0.5, 0.6) is 0 Å². The van der Waals surface area contributed by atoms with E-state index in [4.69, 9.17) is 10.3 Å². The smallest absolute Gasteiger partial charge is 0.293 e. The average molecular weight is 541 g/mol. The predicted molar refractivity (Wildman–Crippen MR) is 155 cm³/mol. The SMILES string of the molecule is Cc1cnc(NCC(c2ccccc2)(C2CCC2)C2CCC2)c(=O)n1CC(=O)NCc1ccc2c(N)noc2c1. The number of carbonyl (C=O) groups is 1. The number of aryl methyl sites for hydroxylation is 1. The summed E-state index contributed by atoms with van der Waals surface area (Å²) in [6.07, 6.45) is 9.06. The van der Waals surface area contributed by atoms with E-state index in [2.05, 4.69) is 51.1 Å². The van der Waals surface area contributed by atoms with Crippen molar-refractivity contribution in [3.8, 4) is 0 Å². The molecule has 0 radical (unpaired) electrons. The number of benzene rings is 2. The van der Waals surface area contributed by atoms with Gasteiger partial charge >= 0.3 is 0 Å². The second kappa shape index (κ2) is 10.8. The third-order valence-electron chi connectivity index (χ3n) is 9.14. The molecular formula is C31H36N6O3. The fraction of sp³-hybridized carbons (Fsp3) is 0.419. The molecule has 40 heavy (non-hydrogen) atoms. The van der Waals surface area contributed by atoms with Gasteiger partial charge in [0.05, 0.1) is 5.39 Å². The lowest BCUT2D eigenvalue weighted by Crippen LogP contribution is -2.52. The number of hydrogen-bond acceptors (Lipinski definition) is 7. The van der Waals surface area contributed by atoms with Gasteiger partial charge in [-0.05, 0) is 67.7 Å². The molecule has 2 aliphatic carbocycles. The summed E-state index contributed by atoms with van der Waals surface area (Å²) in [5.74, 6) is 1.56. The molecular weight excluding hydrogens is 504 g/mol. The summed E-state index contributed by atoms with van der Waals surface area (Å²) in [5.41, 5.74) is 8.89. The van der Waals surface area contributed by atoms with Gasteiger partial charge in [-0.15, -0.1) is 0 Å². The number of nitrogens with two attached hydrogens (primary N) is 1. The highest BCUT2D eigenvalue weighted by Gasteiger charge is 2.50. The molecule has 4 N–H and O–H groups in total. The highest BCUT2D eigenvalue weighted by Crippen LogP contribution is 2.54. The monoisotopic (exact) mass is 540 g/mol. The lowest BCUT2D eigenvalue weighted by atomic mass is 9.52. The largest absolute Gasteiger partial charge is 0.380 e. The number of fused-ring (bicyclic) bond motifs is 1. The Kier molecular flexibility index (Phi) is 7.04. The Hall–Kier alpha value is -4.14. The molecule has 0 unspecified atom stereocenters. The first-order valence-corrected chi connectivity index (χ1v) is 14.2. The maximum Gasteiger partial charge on any atom is 0.293 e. The Morgan fingerprint density at radius 1 is 1.10 bits per heavy atom. The first-order chi connectivity index (χ1) is 19.5. The predicted octanol–water partition coefficient (Wildman–Crippen LogP) is 4.54. The topological polar surface area (TPSA) is 128 Å². The molecule has 2 heterocycles. The van der Waals surface area contributed by atoms with Crippen LogP contribution in [0.4, 0.5) is 11.6 Å². The van der Waals surface area contributed by atoms with Gasteiger partial charge in [-0.25, -0.2) is 4.98 Å². The van der Waals surface area contributed by atoms with Crippen LogP contribution in [-0.2, 0) is 23.3 Å². The number of carbonyl (C=O) groups excluding carboxylic acids is 1. The average Bonchev–Trinajstić information content (AvgIpc) is 3.27. The molecule has 9 nitrogen and oxygen atoms in total. The minimum atomic E-state index is -0.280. The Balaban J connectivity index is 1.18. The number of amides is 1. The van der Waals surface area contributed by atoms with Crippen LogP contribution in [0.1, 0.15) is 55.3 Å². The fourth-order valence-corrected chi connectivity index (χ4v) is 6.42. The van der Waals surface area contributed by atoms with Gasteiger partial charge in [-0.3, -0.25) is 14.2 Å². The number of nitrogens with zero attached hydrogens (tertiary/aromatic N) is 3. The zero-order valence-corrected chi connectivity index (χ0v) is 22.9. The normalized spacial score (nSPS) is 15.9. The number of aromatic nitrogens is 3. The summed E-state index contributed by atoms with van der Waals surface area (Å²) < 4.78 is 6.70. The van der Waals surface area contributed by atoms with Crippen molar-refractivity contribution in [2.24, 2.45) is 11.8 Å². The lowest BCUT2D eigenvalue weighted by molar-refractivity contribution is -0.121. The molecule has 0 saturated heterocycles. The van der Waals surface area contributed by atoms with E-state index >= 15 is 0 Å². The highest BCUT2D eigenvalue weighted by atomic mass is 16.5. The first kappa shape index (κ1) is 26.1. The van der Waals surface area contributed by atoms with Crippen LogP contribution < -0.4 is 21.9 Å². The standard InChI is InChI=1S/C31H36N6O3/c1-20-16-34-29(35-19-31(23-9-5-10-23,24-11-6-12-24)22-7-3-2-4-8-22)30(39)37(20)18-27(38)33-17-21-13-14-25-26(15-21)40-36-28(25)32/h2-4,7-8,13-16,23-24H,5-6,9-12,17-19H2,1H3,(H2,32,36)(H,33,38)(H,34,35). The summed E-state index contributed by atoms with van der Waals surface area (Å²) in [6.45, 7) is 2.67. The third kappa shape index (κ3) is 4.74. The van der Waals surface area contributed by atoms with E-state index in [9.17, 15) is 9.59 Å². The second-order valence-electron chi connectivity index (χ2n) is 11.3. The molecule has 208 valence electrons. The van der Waals surface area contributed by atoms with Crippen molar-refractivity contribution in [3.63, 3.8) is 0 Å². The number of nitrogens with one attached hydrogen (secondary N) is 2. The van der Waals surface area contributed by atoms with Gasteiger partial charge in [0.2, 0.25) is 5.91 Å². The molecule has 2 aromatic carbocycles. The van der Waals surface area contributed by atoms with Crippen LogP contribution in [0, 0.1) is 18.8 Å². The molecule has 0 aliphatic heterocycles. The van der Waals surface area contributed by atoms with E-state index in [1.165, 1.54) is 48.7 Å². The van der Waals surface area contributed by atoms with Gasteiger partial charge < -0.3 is 20.9 Å². The molecule has 0 spiro atoms. The Morgan fingerprint density at radius 2 is 1.82 bits per heavy atom. The van der Waals surface area contributed by atoms with E-state index in [1.807, 2.05) is 12.1 Å². The molecule has 2 aromatic heterocycles. The molecule has 0 atom stereocenters. The van der Waals surface area contributed by atoms with E-state index in [1.54, 1.807) is 19.2 Å². The summed E-state index contributed by atoms with van der Waals surface area (Å²) in [6, 6.07) is 16.3. The zero-order chi connectivity index (χ0) is 27.7. The number of rotatable bonds is 10. The Labute approximate surface area is 233 Å². The second-order valence-corrected chi connectivity index (χ2v) is 11.3. The van der Waals surface area contributed by atoms with Crippen LogP contribution in [0.25, 0.3) is 11.0 Å². The molecule has 1 amide bonds. The highest BCUT2D eigenvalue weighted by molar-refractivity contribution is 5.87. The Morgan fingerprint density at radius 3 is 2.50 bits per heavy atom. The molecule has 9 heteroatoms. The molecule has 4 aromatic rings. The van der Waals surface area contributed by atoms with Gasteiger partial charge in [0.25, 0.3) is 5.56 Å². The van der Waals surface area contributed by atoms with Crippen molar-refractivity contribution in [1.29, 1.82) is 0 Å². The number of hydrogen-bond donors (Lipinski definition) is 3. The lowest BCUT2D eigenvalue weighted by Gasteiger charge is -2.54.